The molecule has 1 aromatic rings. The van der Waals surface area contributed by atoms with Crippen molar-refractivity contribution in [3.8, 4) is 5.75 Å². The zero-order valence-electron chi connectivity index (χ0n) is 15.2. The molecule has 0 bridgehead atoms. The van der Waals surface area contributed by atoms with Crippen molar-refractivity contribution in [1.82, 2.24) is 5.32 Å². The number of hydrogen-bond donors (Lipinski definition) is 2. The van der Waals surface area contributed by atoms with Gasteiger partial charge in [0.05, 0.1) is 12.7 Å². The number of halogens is 1. The van der Waals surface area contributed by atoms with Crippen LogP contribution in [0.4, 0.5) is 0 Å². The molecule has 0 spiro atoms. The monoisotopic (exact) mass is 370 g/mol. The topological polar surface area (TPSA) is 73.6 Å². The number of rotatable bonds is 8. The molecular weight excluding hydrogens is 340 g/mol. The van der Waals surface area contributed by atoms with Crippen LogP contribution in [0, 0.1) is 5.92 Å². The molecule has 2 rings (SSSR count). The lowest BCUT2D eigenvalue weighted by atomic mass is 9.83. The smallest absolute Gasteiger partial charge is 0.223 e. The van der Waals surface area contributed by atoms with Gasteiger partial charge < -0.3 is 20.5 Å². The van der Waals surface area contributed by atoms with Crippen LogP contribution < -0.4 is 15.8 Å². The van der Waals surface area contributed by atoms with Crippen LogP contribution in [0.5, 0.6) is 5.75 Å². The molecule has 1 fully saturated rings. The maximum Gasteiger partial charge on any atom is 0.223 e. The first-order chi connectivity index (χ1) is 11.6. The largest absolute Gasteiger partial charge is 0.494 e. The molecule has 1 aliphatic carbocycles. The third-order valence-electron chi connectivity index (χ3n) is 4.68. The highest BCUT2D eigenvalue weighted by atomic mass is 35.5. The summed E-state index contributed by atoms with van der Waals surface area (Å²) >= 11 is 0. The summed E-state index contributed by atoms with van der Waals surface area (Å²) in [5.74, 6) is 1.06. The Hall–Kier alpha value is -1.30. The van der Waals surface area contributed by atoms with Crippen molar-refractivity contribution < 1.29 is 14.3 Å². The van der Waals surface area contributed by atoms with E-state index >= 15 is 0 Å². The zero-order valence-corrected chi connectivity index (χ0v) is 16.0. The van der Waals surface area contributed by atoms with Gasteiger partial charge in [0.2, 0.25) is 5.91 Å². The highest BCUT2D eigenvalue weighted by Gasteiger charge is 2.31. The fourth-order valence-corrected chi connectivity index (χ4v) is 3.28. The average molecular weight is 371 g/mol. The summed E-state index contributed by atoms with van der Waals surface area (Å²) in [6.45, 7) is 3.36. The van der Waals surface area contributed by atoms with E-state index in [0.29, 0.717) is 19.6 Å². The molecule has 142 valence electrons. The van der Waals surface area contributed by atoms with Crippen molar-refractivity contribution in [1.29, 1.82) is 0 Å². The Labute approximate surface area is 157 Å². The molecule has 3 N–H and O–H groups in total. The number of carbonyl (C=O) groups is 1. The van der Waals surface area contributed by atoms with Crippen LogP contribution in [0.25, 0.3) is 0 Å². The molecule has 1 amide bonds. The van der Waals surface area contributed by atoms with E-state index in [2.05, 4.69) is 17.4 Å². The van der Waals surface area contributed by atoms with Gasteiger partial charge in [-0.2, -0.15) is 0 Å². The highest BCUT2D eigenvalue weighted by Crippen LogP contribution is 2.25. The lowest BCUT2D eigenvalue weighted by Gasteiger charge is -2.32. The predicted octanol–water partition coefficient (Wildman–Crippen LogP) is 2.70. The van der Waals surface area contributed by atoms with Crippen LogP contribution in [0.3, 0.4) is 0 Å². The van der Waals surface area contributed by atoms with E-state index in [1.54, 1.807) is 7.11 Å². The lowest BCUT2D eigenvalue weighted by molar-refractivity contribution is -0.127. The minimum atomic E-state index is -0.0386. The van der Waals surface area contributed by atoms with E-state index in [-0.39, 0.29) is 36.4 Å². The second-order valence-electron chi connectivity index (χ2n) is 6.42. The second-order valence-corrected chi connectivity index (χ2v) is 6.42. The van der Waals surface area contributed by atoms with Gasteiger partial charge in [-0.15, -0.1) is 12.4 Å². The summed E-state index contributed by atoms with van der Waals surface area (Å²) < 4.78 is 10.8. The van der Waals surface area contributed by atoms with Crippen molar-refractivity contribution in [3.05, 3.63) is 29.8 Å². The summed E-state index contributed by atoms with van der Waals surface area (Å²) in [6, 6.07) is 8.11. The normalized spacial score (nSPS) is 22.8. The SMILES string of the molecule is CCOc1ccc(CCCNC(=O)[C@H]2CC[C@@H](OC)[C@H](N)C2)cc1.Cl. The van der Waals surface area contributed by atoms with E-state index in [0.717, 1.165) is 31.4 Å². The van der Waals surface area contributed by atoms with Crippen LogP contribution in [0.1, 0.15) is 38.2 Å². The predicted molar refractivity (Wildman–Crippen MR) is 102 cm³/mol. The lowest BCUT2D eigenvalue weighted by Crippen LogP contribution is -2.45. The van der Waals surface area contributed by atoms with Crippen molar-refractivity contribution in [2.75, 3.05) is 20.3 Å². The molecule has 1 aromatic carbocycles. The summed E-state index contributed by atoms with van der Waals surface area (Å²) in [6.07, 6.45) is 4.40. The Morgan fingerprint density at radius 3 is 2.60 bits per heavy atom. The Morgan fingerprint density at radius 2 is 2.00 bits per heavy atom. The summed E-state index contributed by atoms with van der Waals surface area (Å²) in [4.78, 5) is 12.2. The zero-order chi connectivity index (χ0) is 17.4. The molecule has 0 saturated heterocycles. The Balaban J connectivity index is 0.00000312. The van der Waals surface area contributed by atoms with E-state index in [4.69, 9.17) is 15.2 Å². The third-order valence-corrected chi connectivity index (χ3v) is 4.68. The Morgan fingerprint density at radius 1 is 1.28 bits per heavy atom. The molecule has 1 saturated carbocycles. The first kappa shape index (κ1) is 21.7. The van der Waals surface area contributed by atoms with Crippen molar-refractivity contribution in [2.24, 2.45) is 11.7 Å². The van der Waals surface area contributed by atoms with Crippen LogP contribution >= 0.6 is 12.4 Å². The third kappa shape index (κ3) is 6.84. The van der Waals surface area contributed by atoms with Crippen LogP contribution in [-0.2, 0) is 16.0 Å². The number of hydrogen-bond acceptors (Lipinski definition) is 4. The number of nitrogens with one attached hydrogen (secondary N) is 1. The summed E-state index contributed by atoms with van der Waals surface area (Å²) in [5, 5.41) is 3.05. The Bertz CT molecular complexity index is 510. The molecule has 0 radical (unpaired) electrons. The number of amides is 1. The van der Waals surface area contributed by atoms with Crippen molar-refractivity contribution in [2.45, 2.75) is 51.2 Å². The second kappa shape index (κ2) is 11.3. The number of ether oxygens (including phenoxy) is 2. The number of nitrogens with two attached hydrogens (primary N) is 1. The molecule has 3 atom stereocenters. The Kier molecular flexibility index (Phi) is 9.86. The van der Waals surface area contributed by atoms with Gasteiger partial charge in [-0.05, 0) is 56.7 Å². The van der Waals surface area contributed by atoms with Crippen molar-refractivity contribution in [3.63, 3.8) is 0 Å². The number of methoxy groups -OCH3 is 1. The highest BCUT2D eigenvalue weighted by molar-refractivity contribution is 5.85. The molecule has 0 unspecified atom stereocenters. The molecule has 5 nitrogen and oxygen atoms in total. The molecule has 1 aliphatic rings. The van der Waals surface area contributed by atoms with E-state index in [9.17, 15) is 4.79 Å². The van der Waals surface area contributed by atoms with Gasteiger partial charge in [0.25, 0.3) is 0 Å². The summed E-state index contributed by atoms with van der Waals surface area (Å²) in [5.41, 5.74) is 7.33. The first-order valence-electron chi connectivity index (χ1n) is 8.91. The average Bonchev–Trinajstić information content (AvgIpc) is 2.60. The number of benzene rings is 1. The number of aryl methyl sites for hydroxylation is 1. The molecule has 0 heterocycles. The van der Waals surface area contributed by atoms with Gasteiger partial charge in [0, 0.05) is 25.6 Å². The van der Waals surface area contributed by atoms with Gasteiger partial charge in [-0.1, -0.05) is 12.1 Å². The van der Waals surface area contributed by atoms with Gasteiger partial charge in [-0.3, -0.25) is 4.79 Å². The fourth-order valence-electron chi connectivity index (χ4n) is 3.28. The van der Waals surface area contributed by atoms with Gasteiger partial charge >= 0.3 is 0 Å². The molecule has 0 aliphatic heterocycles. The minimum absolute atomic E-state index is 0. The quantitative estimate of drug-likeness (QED) is 0.690. The minimum Gasteiger partial charge on any atom is -0.494 e. The van der Waals surface area contributed by atoms with Gasteiger partial charge in [-0.25, -0.2) is 0 Å². The molecule has 0 aromatic heterocycles. The molecule has 25 heavy (non-hydrogen) atoms. The summed E-state index contributed by atoms with van der Waals surface area (Å²) in [7, 11) is 1.69. The van der Waals surface area contributed by atoms with E-state index < -0.39 is 0 Å². The van der Waals surface area contributed by atoms with Crippen molar-refractivity contribution >= 4 is 18.3 Å². The maximum absolute atomic E-state index is 12.2. The van der Waals surface area contributed by atoms with Crippen LogP contribution in [0.2, 0.25) is 0 Å². The van der Waals surface area contributed by atoms with Gasteiger partial charge in [0.1, 0.15) is 5.75 Å². The van der Waals surface area contributed by atoms with Gasteiger partial charge in [0.15, 0.2) is 0 Å². The molecular formula is C19H31ClN2O3. The van der Waals surface area contributed by atoms with E-state index in [1.165, 1.54) is 5.56 Å². The standard InChI is InChI=1S/C19H30N2O3.ClH/c1-3-24-16-9-6-14(7-10-16)5-4-12-21-19(22)15-8-11-18(23-2)17(20)13-15;/h6-7,9-10,15,17-18H,3-5,8,11-13,20H2,1-2H3,(H,21,22);1H/t15-,17+,18+;/m0./s1. The van der Waals surface area contributed by atoms with Crippen LogP contribution in [-0.4, -0.2) is 38.3 Å². The van der Waals surface area contributed by atoms with E-state index in [1.807, 2.05) is 19.1 Å². The van der Waals surface area contributed by atoms with Crippen LogP contribution in [0.15, 0.2) is 24.3 Å². The number of carbonyl (C=O) groups excluding carboxylic acids is 1. The first-order valence-corrected chi connectivity index (χ1v) is 8.91. The fraction of sp³-hybridized carbons (Fsp3) is 0.632. The molecule has 6 heteroatoms. The maximum atomic E-state index is 12.2.